The minimum atomic E-state index is 0.282. The monoisotopic (exact) mass is 222 g/mol. The van der Waals surface area contributed by atoms with Gasteiger partial charge in [0.1, 0.15) is 36.9 Å². The summed E-state index contributed by atoms with van der Waals surface area (Å²) >= 11 is 0. The lowest BCUT2D eigenvalue weighted by molar-refractivity contribution is 0.252. The Morgan fingerprint density at radius 2 is 1.50 bits per heavy atom. The van der Waals surface area contributed by atoms with Crippen LogP contribution in [0.4, 0.5) is 0 Å². The highest BCUT2D eigenvalue weighted by molar-refractivity contribution is 5.33. The van der Waals surface area contributed by atoms with Gasteiger partial charge in [-0.05, 0) is 12.1 Å². The molecule has 2 atom stereocenters. The third-order valence-corrected chi connectivity index (χ3v) is 2.48. The van der Waals surface area contributed by atoms with Gasteiger partial charge >= 0.3 is 0 Å². The first-order chi connectivity index (χ1) is 7.90. The first-order valence-electron chi connectivity index (χ1n) is 5.49. The van der Waals surface area contributed by atoms with E-state index in [0.717, 1.165) is 24.7 Å². The Bertz CT molecular complexity index is 327. The quantitative estimate of drug-likeness (QED) is 0.679. The topological polar surface area (TPSA) is 43.5 Å². The van der Waals surface area contributed by atoms with Gasteiger partial charge in [-0.15, -0.1) is 0 Å². The fourth-order valence-corrected chi connectivity index (χ4v) is 1.36. The molecule has 4 nitrogen and oxygen atoms in total. The maximum atomic E-state index is 5.56. The molecule has 0 spiro atoms. The van der Waals surface area contributed by atoms with Gasteiger partial charge in [-0.25, -0.2) is 0 Å². The standard InChI is InChI=1S/C12H14O4/c1-2-9(13-5-11-7-15-11)4-10(3-1)14-6-12-8-16-12/h1-4,11-12H,5-8H2/t11-,12-/m1/s1. The van der Waals surface area contributed by atoms with Gasteiger partial charge in [0.25, 0.3) is 0 Å². The van der Waals surface area contributed by atoms with E-state index in [2.05, 4.69) is 0 Å². The highest BCUT2D eigenvalue weighted by Crippen LogP contribution is 2.22. The molecule has 0 radical (unpaired) electrons. The van der Waals surface area contributed by atoms with Gasteiger partial charge < -0.3 is 18.9 Å². The van der Waals surface area contributed by atoms with Crippen LogP contribution in [0.15, 0.2) is 24.3 Å². The van der Waals surface area contributed by atoms with Crippen LogP contribution in [0.3, 0.4) is 0 Å². The fourth-order valence-electron chi connectivity index (χ4n) is 1.36. The molecule has 0 N–H and O–H groups in total. The second kappa shape index (κ2) is 4.31. The van der Waals surface area contributed by atoms with E-state index in [4.69, 9.17) is 18.9 Å². The second-order valence-corrected chi connectivity index (χ2v) is 4.01. The van der Waals surface area contributed by atoms with E-state index in [-0.39, 0.29) is 12.2 Å². The highest BCUT2D eigenvalue weighted by atomic mass is 16.6. The van der Waals surface area contributed by atoms with Gasteiger partial charge in [-0.3, -0.25) is 0 Å². The number of epoxide rings is 2. The SMILES string of the molecule is c1cc(OC[C@@H]2CO2)cc(OC[C@@H]2CO2)c1. The summed E-state index contributed by atoms with van der Waals surface area (Å²) in [6.45, 7) is 2.87. The second-order valence-electron chi connectivity index (χ2n) is 4.01. The van der Waals surface area contributed by atoms with E-state index in [1.807, 2.05) is 24.3 Å². The van der Waals surface area contributed by atoms with Crippen LogP contribution in [-0.2, 0) is 9.47 Å². The normalized spacial score (nSPS) is 26.2. The summed E-state index contributed by atoms with van der Waals surface area (Å²) in [6, 6.07) is 7.66. The van der Waals surface area contributed by atoms with Gasteiger partial charge in [-0.1, -0.05) is 6.07 Å². The number of ether oxygens (including phenoxy) is 4. The van der Waals surface area contributed by atoms with Crippen molar-refractivity contribution in [2.24, 2.45) is 0 Å². The molecular formula is C12H14O4. The van der Waals surface area contributed by atoms with Crippen LogP contribution in [0, 0.1) is 0 Å². The van der Waals surface area contributed by atoms with Crippen LogP contribution in [0.25, 0.3) is 0 Å². The zero-order chi connectivity index (χ0) is 10.8. The summed E-state index contributed by atoms with van der Waals surface area (Å²) in [5.74, 6) is 1.65. The maximum absolute atomic E-state index is 5.56. The van der Waals surface area contributed by atoms with Crippen LogP contribution in [0.2, 0.25) is 0 Å². The van der Waals surface area contributed by atoms with E-state index < -0.39 is 0 Å². The summed E-state index contributed by atoms with van der Waals surface area (Å²) in [4.78, 5) is 0. The van der Waals surface area contributed by atoms with Crippen molar-refractivity contribution in [3.05, 3.63) is 24.3 Å². The fraction of sp³-hybridized carbons (Fsp3) is 0.500. The molecule has 86 valence electrons. The van der Waals surface area contributed by atoms with E-state index in [1.54, 1.807) is 0 Å². The van der Waals surface area contributed by atoms with Crippen LogP contribution in [0.5, 0.6) is 11.5 Å². The molecule has 2 heterocycles. The number of benzene rings is 1. The lowest BCUT2D eigenvalue weighted by atomic mass is 10.3. The van der Waals surface area contributed by atoms with E-state index in [9.17, 15) is 0 Å². The molecule has 1 aromatic rings. The molecule has 2 aliphatic heterocycles. The molecule has 0 bridgehead atoms. The average molecular weight is 222 g/mol. The molecule has 4 heteroatoms. The first-order valence-corrected chi connectivity index (χ1v) is 5.49. The Kier molecular flexibility index (Phi) is 2.68. The zero-order valence-electron chi connectivity index (χ0n) is 8.93. The van der Waals surface area contributed by atoms with Crippen molar-refractivity contribution in [1.29, 1.82) is 0 Å². The van der Waals surface area contributed by atoms with Crippen molar-refractivity contribution in [3.8, 4) is 11.5 Å². The number of rotatable bonds is 6. The molecule has 0 aromatic heterocycles. The van der Waals surface area contributed by atoms with Gasteiger partial charge in [-0.2, -0.15) is 0 Å². The van der Waals surface area contributed by atoms with Gasteiger partial charge in [0.2, 0.25) is 0 Å². The Balaban J connectivity index is 1.52. The van der Waals surface area contributed by atoms with Crippen molar-refractivity contribution >= 4 is 0 Å². The molecule has 16 heavy (non-hydrogen) atoms. The summed E-state index contributed by atoms with van der Waals surface area (Å²) < 4.78 is 21.3. The number of hydrogen-bond donors (Lipinski definition) is 0. The molecule has 2 saturated heterocycles. The summed E-state index contributed by atoms with van der Waals surface area (Å²) in [7, 11) is 0. The van der Waals surface area contributed by atoms with Crippen molar-refractivity contribution in [2.75, 3.05) is 26.4 Å². The van der Waals surface area contributed by atoms with Crippen molar-refractivity contribution in [2.45, 2.75) is 12.2 Å². The summed E-state index contributed by atoms with van der Waals surface area (Å²) in [5.41, 5.74) is 0. The molecule has 1 aromatic carbocycles. The van der Waals surface area contributed by atoms with E-state index in [1.165, 1.54) is 0 Å². The molecule has 0 amide bonds. The maximum Gasteiger partial charge on any atom is 0.123 e. The molecule has 3 rings (SSSR count). The van der Waals surface area contributed by atoms with E-state index in [0.29, 0.717) is 13.2 Å². The minimum absolute atomic E-state index is 0.282. The summed E-state index contributed by atoms with van der Waals surface area (Å²) in [6.07, 6.45) is 0.564. The van der Waals surface area contributed by atoms with Gasteiger partial charge in [0.05, 0.1) is 13.2 Å². The molecule has 2 aliphatic rings. The van der Waals surface area contributed by atoms with E-state index >= 15 is 0 Å². The Hall–Kier alpha value is -1.26. The van der Waals surface area contributed by atoms with Gasteiger partial charge in [0.15, 0.2) is 0 Å². The van der Waals surface area contributed by atoms with Crippen LogP contribution in [-0.4, -0.2) is 38.6 Å². The predicted octanol–water partition coefficient (Wildman–Crippen LogP) is 1.24. The third-order valence-electron chi connectivity index (χ3n) is 2.48. The average Bonchev–Trinajstić information content (AvgIpc) is 3.17. The first kappa shape index (κ1) is 9.93. The molecule has 0 aliphatic carbocycles. The Labute approximate surface area is 94.1 Å². The zero-order valence-corrected chi connectivity index (χ0v) is 8.93. The van der Waals surface area contributed by atoms with Crippen LogP contribution >= 0.6 is 0 Å². The predicted molar refractivity (Wildman–Crippen MR) is 56.9 cm³/mol. The largest absolute Gasteiger partial charge is 0.491 e. The van der Waals surface area contributed by atoms with Crippen LogP contribution < -0.4 is 9.47 Å². The molecule has 0 saturated carbocycles. The van der Waals surface area contributed by atoms with Crippen LogP contribution in [0.1, 0.15) is 0 Å². The summed E-state index contributed by atoms with van der Waals surface area (Å²) in [5, 5.41) is 0. The molecule has 2 fully saturated rings. The molecule has 0 unspecified atom stereocenters. The minimum Gasteiger partial charge on any atom is -0.491 e. The van der Waals surface area contributed by atoms with Crippen molar-refractivity contribution in [1.82, 2.24) is 0 Å². The third kappa shape index (κ3) is 2.87. The van der Waals surface area contributed by atoms with Gasteiger partial charge in [0, 0.05) is 6.07 Å². The van der Waals surface area contributed by atoms with Crippen molar-refractivity contribution in [3.63, 3.8) is 0 Å². The lowest BCUT2D eigenvalue weighted by Gasteiger charge is -2.07. The molecular weight excluding hydrogens is 208 g/mol. The Morgan fingerprint density at radius 3 is 1.94 bits per heavy atom. The number of hydrogen-bond acceptors (Lipinski definition) is 4. The highest BCUT2D eigenvalue weighted by Gasteiger charge is 2.24. The lowest BCUT2D eigenvalue weighted by Crippen LogP contribution is -2.06. The Morgan fingerprint density at radius 1 is 1.00 bits per heavy atom. The van der Waals surface area contributed by atoms with Crippen molar-refractivity contribution < 1.29 is 18.9 Å². The smallest absolute Gasteiger partial charge is 0.123 e.